The Bertz CT molecular complexity index is 2780. The summed E-state index contributed by atoms with van der Waals surface area (Å²) in [5.41, 5.74) is 3.49. The highest BCUT2D eigenvalue weighted by atomic mass is 32.2. The molecule has 0 bridgehead atoms. The number of esters is 1. The van der Waals surface area contributed by atoms with E-state index < -0.39 is 57.0 Å². The smallest absolute Gasteiger partial charge is 0.413 e. The van der Waals surface area contributed by atoms with Crippen molar-refractivity contribution in [2.24, 2.45) is 0 Å². The van der Waals surface area contributed by atoms with Gasteiger partial charge in [-0.3, -0.25) is 24.9 Å². The molecule has 17 heteroatoms. The number of aromatic amines is 1. The summed E-state index contributed by atoms with van der Waals surface area (Å²) < 4.78 is 11.5. The van der Waals surface area contributed by atoms with Crippen LogP contribution in [0.4, 0.5) is 9.93 Å². The second kappa shape index (κ2) is 20.9. The Morgan fingerprint density at radius 1 is 0.797 bits per heavy atom. The standard InChI is InChI=1S/C52H47N7O6S4/c1-51(2,3)65-50(63)56-49-54-38(31-67-49)29-40(60)55-42-45(61)59-43(47(62)64-44(33-19-9-4-10-20-33)34-21-11-5-12-22-34)39(32-66-46(42)59)68-48(69-41-30-53-58-57-41)52(35-23-13-6-14-24-35,36-25-15-7-16-26-36)37-27-17-8-18-28-37/h4-28,30-31,42,44,46,48H,29,32H2,1-3H3,(H,55,60)(H,53,57,58)(H,54,56,63)/t42-,46+,48?/m1/s1. The Morgan fingerprint density at radius 2 is 1.35 bits per heavy atom. The van der Waals surface area contributed by atoms with Crippen molar-refractivity contribution < 1.29 is 28.7 Å². The summed E-state index contributed by atoms with van der Waals surface area (Å²) >= 11 is 5.62. The average Bonchev–Trinajstić information content (AvgIpc) is 4.05. The minimum Gasteiger partial charge on any atom is -0.448 e. The number of H-pyrrole nitrogens is 1. The van der Waals surface area contributed by atoms with E-state index in [1.54, 1.807) is 32.3 Å². The van der Waals surface area contributed by atoms with E-state index in [9.17, 15) is 14.4 Å². The lowest BCUT2D eigenvalue weighted by molar-refractivity contribution is -0.154. The third kappa shape index (κ3) is 10.5. The lowest BCUT2D eigenvalue weighted by atomic mass is 9.70. The summed E-state index contributed by atoms with van der Waals surface area (Å²) in [4.78, 5) is 62.5. The predicted octanol–water partition coefficient (Wildman–Crippen LogP) is 9.98. The highest BCUT2D eigenvalue weighted by Gasteiger charge is 2.56. The maximum atomic E-state index is 15.3. The number of ether oxygens (including phenoxy) is 2. The Hall–Kier alpha value is -6.66. The predicted molar refractivity (Wildman–Crippen MR) is 271 cm³/mol. The zero-order chi connectivity index (χ0) is 48.0. The summed E-state index contributed by atoms with van der Waals surface area (Å²) in [5, 5.41) is 18.9. The average molecular weight is 994 g/mol. The maximum Gasteiger partial charge on any atom is 0.413 e. The zero-order valence-electron chi connectivity index (χ0n) is 37.7. The lowest BCUT2D eigenvalue weighted by Crippen LogP contribution is -2.70. The molecule has 0 radical (unpaired) electrons. The van der Waals surface area contributed by atoms with Crippen molar-refractivity contribution in [1.29, 1.82) is 0 Å². The lowest BCUT2D eigenvalue weighted by Gasteiger charge is -2.50. The minimum atomic E-state index is -0.939. The molecule has 7 aromatic rings. The van der Waals surface area contributed by atoms with Gasteiger partial charge in [-0.25, -0.2) is 14.6 Å². The van der Waals surface area contributed by atoms with Crippen molar-refractivity contribution in [3.05, 3.63) is 207 Å². The second-order valence-electron chi connectivity index (χ2n) is 17.1. The number of hydrogen-bond donors (Lipinski definition) is 3. The highest BCUT2D eigenvalue weighted by Crippen LogP contribution is 2.56. The van der Waals surface area contributed by atoms with Crippen LogP contribution in [0.3, 0.4) is 0 Å². The number of amides is 3. The van der Waals surface area contributed by atoms with Gasteiger partial charge in [-0.15, -0.1) is 40.0 Å². The van der Waals surface area contributed by atoms with Crippen LogP contribution >= 0.6 is 46.6 Å². The summed E-state index contributed by atoms with van der Waals surface area (Å²) in [6.07, 6.45) is 0.148. The molecule has 9 rings (SSSR count). The molecule has 0 saturated carbocycles. The number of nitrogens with zero attached hydrogens (tertiary/aromatic N) is 4. The van der Waals surface area contributed by atoms with Crippen molar-refractivity contribution in [2.75, 3.05) is 11.1 Å². The number of carbonyl (C=O) groups excluding carboxylic acids is 4. The van der Waals surface area contributed by atoms with E-state index in [-0.39, 0.29) is 17.2 Å². The first kappa shape index (κ1) is 47.4. The molecule has 350 valence electrons. The second-order valence-corrected chi connectivity index (χ2v) is 21.7. The molecule has 3 amide bonds. The van der Waals surface area contributed by atoms with Crippen LogP contribution in [0.1, 0.15) is 60.4 Å². The Morgan fingerprint density at radius 3 is 1.87 bits per heavy atom. The van der Waals surface area contributed by atoms with Crippen LogP contribution in [0.15, 0.2) is 179 Å². The molecule has 2 aromatic heterocycles. The first-order chi connectivity index (χ1) is 33.5. The number of aromatic nitrogens is 4. The van der Waals surface area contributed by atoms with E-state index in [1.807, 2.05) is 115 Å². The number of anilines is 1. The molecule has 1 unspecified atom stereocenters. The minimum absolute atomic E-state index is 0.113. The number of fused-ring (bicyclic) bond motifs is 1. The van der Waals surface area contributed by atoms with Crippen LogP contribution in [-0.2, 0) is 35.7 Å². The fourth-order valence-corrected chi connectivity index (χ4v) is 13.7. The van der Waals surface area contributed by atoms with Gasteiger partial charge in [0.2, 0.25) is 5.91 Å². The molecule has 2 aliphatic heterocycles. The monoisotopic (exact) mass is 993 g/mol. The molecule has 3 N–H and O–H groups in total. The number of hydrogen-bond acceptors (Lipinski definition) is 13. The SMILES string of the molecule is CC(C)(C)OC(=O)Nc1nc(CC(=O)N[C@@H]2C(=O)N3C(C(=O)OC(c4ccccc4)c4ccccc4)=C(SC(Sc4c[nH]nn4)C(c4ccccc4)(c4ccccc4)c4ccccc4)CS[C@@H]23)cs1. The van der Waals surface area contributed by atoms with E-state index in [2.05, 4.69) is 67.4 Å². The number of thiazole rings is 1. The summed E-state index contributed by atoms with van der Waals surface area (Å²) in [5.74, 6) is -1.26. The first-order valence-electron chi connectivity index (χ1n) is 22.1. The van der Waals surface area contributed by atoms with Crippen molar-refractivity contribution in [1.82, 2.24) is 30.6 Å². The molecule has 3 atom stereocenters. The highest BCUT2D eigenvalue weighted by molar-refractivity contribution is 8.19. The molecule has 13 nitrogen and oxygen atoms in total. The summed E-state index contributed by atoms with van der Waals surface area (Å²) in [6.45, 7) is 5.28. The first-order valence-corrected chi connectivity index (χ1v) is 25.8. The van der Waals surface area contributed by atoms with E-state index in [0.29, 0.717) is 21.4 Å². The number of carbonyl (C=O) groups is 4. The van der Waals surface area contributed by atoms with Crippen LogP contribution in [0.5, 0.6) is 0 Å². The topological polar surface area (TPSA) is 168 Å². The third-order valence-electron chi connectivity index (χ3n) is 11.3. The van der Waals surface area contributed by atoms with Gasteiger partial charge in [0.05, 0.1) is 28.3 Å². The molecule has 69 heavy (non-hydrogen) atoms. The third-order valence-corrected chi connectivity index (χ3v) is 16.3. The van der Waals surface area contributed by atoms with Gasteiger partial charge in [0.15, 0.2) is 11.2 Å². The van der Waals surface area contributed by atoms with E-state index in [0.717, 1.165) is 39.2 Å². The van der Waals surface area contributed by atoms with Crippen molar-refractivity contribution in [3.63, 3.8) is 0 Å². The van der Waals surface area contributed by atoms with E-state index in [1.165, 1.54) is 40.2 Å². The zero-order valence-corrected chi connectivity index (χ0v) is 40.9. The Balaban J connectivity index is 1.10. The number of rotatable bonds is 16. The molecule has 2 aliphatic rings. The van der Waals surface area contributed by atoms with Crippen molar-refractivity contribution >= 4 is 75.6 Å². The van der Waals surface area contributed by atoms with Crippen molar-refractivity contribution in [3.8, 4) is 0 Å². The van der Waals surface area contributed by atoms with Gasteiger partial charge in [-0.05, 0) is 48.6 Å². The van der Waals surface area contributed by atoms with Gasteiger partial charge in [0, 0.05) is 16.0 Å². The number of nitrogens with one attached hydrogen (secondary N) is 3. The molecular weight excluding hydrogens is 947 g/mol. The van der Waals surface area contributed by atoms with Crippen LogP contribution in [-0.4, -0.2) is 76.5 Å². The quantitative estimate of drug-likeness (QED) is 0.0276. The molecule has 4 heterocycles. The van der Waals surface area contributed by atoms with Gasteiger partial charge in [0.1, 0.15) is 27.7 Å². The van der Waals surface area contributed by atoms with Gasteiger partial charge in [0.25, 0.3) is 5.91 Å². The molecule has 1 fully saturated rings. The van der Waals surface area contributed by atoms with Gasteiger partial charge in [-0.2, -0.15) is 0 Å². The molecular formula is C52H47N7O6S4. The van der Waals surface area contributed by atoms with E-state index >= 15 is 4.79 Å². The molecule has 0 aliphatic carbocycles. The Kier molecular flexibility index (Phi) is 14.4. The van der Waals surface area contributed by atoms with Crippen LogP contribution < -0.4 is 10.6 Å². The molecule has 1 saturated heterocycles. The normalized spacial score (nSPS) is 16.3. The summed E-state index contributed by atoms with van der Waals surface area (Å²) in [7, 11) is 0. The van der Waals surface area contributed by atoms with Gasteiger partial charge < -0.3 is 14.8 Å². The Labute approximate surface area is 416 Å². The van der Waals surface area contributed by atoms with Crippen LogP contribution in [0.25, 0.3) is 0 Å². The maximum absolute atomic E-state index is 15.3. The fourth-order valence-electron chi connectivity index (χ4n) is 8.34. The van der Waals surface area contributed by atoms with Gasteiger partial charge >= 0.3 is 12.1 Å². The largest absolute Gasteiger partial charge is 0.448 e. The molecule has 5 aromatic carbocycles. The molecule has 0 spiro atoms. The van der Waals surface area contributed by atoms with Crippen molar-refractivity contribution in [2.45, 2.75) is 65.3 Å². The number of benzene rings is 5. The van der Waals surface area contributed by atoms with Crippen LogP contribution in [0, 0.1) is 0 Å². The fraction of sp³-hybridized carbons (Fsp3) is 0.212. The number of thioether (sulfide) groups is 3. The van der Waals surface area contributed by atoms with Gasteiger partial charge in [-0.1, -0.05) is 169 Å². The van der Waals surface area contributed by atoms with E-state index in [4.69, 9.17) is 9.47 Å². The summed E-state index contributed by atoms with van der Waals surface area (Å²) in [6, 6.07) is 48.9. The van der Waals surface area contributed by atoms with Crippen LogP contribution in [0.2, 0.25) is 0 Å². The number of β-lactam (4-membered cyclic amide) rings is 1.